The Morgan fingerprint density at radius 2 is 2.46 bits per heavy atom. The maximum atomic E-state index is 10.4. The highest BCUT2D eigenvalue weighted by Crippen LogP contribution is 2.20. The predicted octanol–water partition coefficient (Wildman–Crippen LogP) is 1.32. The van der Waals surface area contributed by atoms with Crippen LogP contribution in [0.25, 0.3) is 10.2 Å². The Morgan fingerprint density at radius 3 is 3.15 bits per heavy atom. The van der Waals surface area contributed by atoms with E-state index >= 15 is 0 Å². The van der Waals surface area contributed by atoms with Crippen molar-refractivity contribution < 1.29 is 9.90 Å². The maximum absolute atomic E-state index is 10.4. The van der Waals surface area contributed by atoms with Crippen molar-refractivity contribution in [3.8, 4) is 0 Å². The normalized spacial score (nSPS) is 10.5. The Bertz CT molecular complexity index is 419. The molecule has 0 aliphatic rings. The van der Waals surface area contributed by atoms with Crippen LogP contribution in [0.5, 0.6) is 0 Å². The lowest BCUT2D eigenvalue weighted by molar-refractivity contribution is -0.136. The number of fused-ring (bicyclic) bond motifs is 1. The summed E-state index contributed by atoms with van der Waals surface area (Å²) in [6.07, 6.45) is 3.29. The van der Waals surface area contributed by atoms with Gasteiger partial charge in [-0.25, -0.2) is 4.98 Å². The first-order chi connectivity index (χ1) is 6.25. The van der Waals surface area contributed by atoms with E-state index in [1.165, 1.54) is 11.3 Å². The second-order valence-electron chi connectivity index (χ2n) is 2.52. The number of aromatic nitrogens is 2. The fourth-order valence-corrected chi connectivity index (χ4v) is 1.96. The van der Waals surface area contributed by atoms with Crippen molar-refractivity contribution in [3.05, 3.63) is 23.5 Å². The standard InChI is InChI=1S/C8H6N2O2S/c11-8(12)3-7-10-5-4-9-2-1-6(5)13-7/h1-2,4H,3H2,(H,11,12). The lowest BCUT2D eigenvalue weighted by Gasteiger charge is -1.84. The first kappa shape index (κ1) is 8.12. The second-order valence-corrected chi connectivity index (χ2v) is 3.64. The number of hydrogen-bond donors (Lipinski definition) is 1. The van der Waals surface area contributed by atoms with E-state index < -0.39 is 5.97 Å². The molecule has 0 fully saturated rings. The van der Waals surface area contributed by atoms with E-state index in [1.54, 1.807) is 12.4 Å². The lowest BCUT2D eigenvalue weighted by atomic mass is 10.4. The Kier molecular flexibility index (Phi) is 1.94. The van der Waals surface area contributed by atoms with E-state index in [-0.39, 0.29) is 6.42 Å². The summed E-state index contributed by atoms with van der Waals surface area (Å²) in [5.41, 5.74) is 0.767. The smallest absolute Gasteiger partial charge is 0.310 e. The summed E-state index contributed by atoms with van der Waals surface area (Å²) in [4.78, 5) is 18.4. The minimum Gasteiger partial charge on any atom is -0.481 e. The van der Waals surface area contributed by atoms with Crippen molar-refractivity contribution in [1.29, 1.82) is 0 Å². The summed E-state index contributed by atoms with van der Waals surface area (Å²) in [5, 5.41) is 9.16. The van der Waals surface area contributed by atoms with Gasteiger partial charge in [0.05, 0.1) is 22.8 Å². The molecule has 1 N–H and O–H groups in total. The van der Waals surface area contributed by atoms with Crippen molar-refractivity contribution in [2.75, 3.05) is 0 Å². The highest BCUT2D eigenvalue weighted by Gasteiger charge is 2.06. The molecule has 0 aliphatic heterocycles. The van der Waals surface area contributed by atoms with Crippen LogP contribution >= 0.6 is 11.3 Å². The molecule has 5 heteroatoms. The van der Waals surface area contributed by atoms with Gasteiger partial charge in [-0.15, -0.1) is 11.3 Å². The van der Waals surface area contributed by atoms with Crippen LogP contribution in [0.15, 0.2) is 18.5 Å². The summed E-state index contributed by atoms with van der Waals surface area (Å²) < 4.78 is 0.978. The molecule has 2 rings (SSSR count). The van der Waals surface area contributed by atoms with Gasteiger partial charge in [0, 0.05) is 6.20 Å². The van der Waals surface area contributed by atoms with Crippen molar-refractivity contribution in [3.63, 3.8) is 0 Å². The molecule has 0 aromatic carbocycles. The molecule has 66 valence electrons. The molecule has 0 atom stereocenters. The van der Waals surface area contributed by atoms with E-state index in [4.69, 9.17) is 5.11 Å². The van der Waals surface area contributed by atoms with E-state index in [9.17, 15) is 4.79 Å². The number of carboxylic acid groups (broad SMARTS) is 1. The molecule has 0 radical (unpaired) electrons. The van der Waals surface area contributed by atoms with Gasteiger partial charge in [0.2, 0.25) is 0 Å². The van der Waals surface area contributed by atoms with Crippen LogP contribution in [-0.4, -0.2) is 21.0 Å². The molecule has 0 aliphatic carbocycles. The SMILES string of the molecule is O=C(O)Cc1nc2cnccc2s1. The van der Waals surface area contributed by atoms with Gasteiger partial charge in [-0.05, 0) is 6.07 Å². The van der Waals surface area contributed by atoms with Crippen molar-refractivity contribution >= 4 is 27.5 Å². The third-order valence-corrected chi connectivity index (χ3v) is 2.57. The zero-order chi connectivity index (χ0) is 9.26. The number of hydrogen-bond acceptors (Lipinski definition) is 4. The van der Waals surface area contributed by atoms with Crippen LogP contribution in [-0.2, 0) is 11.2 Å². The Morgan fingerprint density at radius 1 is 1.62 bits per heavy atom. The van der Waals surface area contributed by atoms with Crippen molar-refractivity contribution in [1.82, 2.24) is 9.97 Å². The first-order valence-corrected chi connectivity index (χ1v) is 4.48. The summed E-state index contributed by atoms with van der Waals surface area (Å²) >= 11 is 1.39. The molecule has 2 aromatic heterocycles. The van der Waals surface area contributed by atoms with Crippen LogP contribution in [0.1, 0.15) is 5.01 Å². The van der Waals surface area contributed by atoms with Gasteiger partial charge in [0.1, 0.15) is 5.01 Å². The van der Waals surface area contributed by atoms with E-state index in [0.717, 1.165) is 10.2 Å². The molecule has 0 saturated heterocycles. The largest absolute Gasteiger partial charge is 0.481 e. The van der Waals surface area contributed by atoms with Crippen LogP contribution in [0.4, 0.5) is 0 Å². The lowest BCUT2D eigenvalue weighted by Crippen LogP contribution is -1.98. The third kappa shape index (κ3) is 1.65. The summed E-state index contributed by atoms with van der Waals surface area (Å²) in [5.74, 6) is -0.855. The third-order valence-electron chi connectivity index (χ3n) is 1.54. The fourth-order valence-electron chi connectivity index (χ4n) is 1.03. The Balaban J connectivity index is 2.44. The minimum atomic E-state index is -0.855. The molecule has 0 spiro atoms. The molecule has 0 unspecified atom stereocenters. The number of nitrogens with zero attached hydrogens (tertiary/aromatic N) is 2. The van der Waals surface area contributed by atoms with Crippen molar-refractivity contribution in [2.24, 2.45) is 0 Å². The van der Waals surface area contributed by atoms with E-state index in [1.807, 2.05) is 6.07 Å². The molecule has 4 nitrogen and oxygen atoms in total. The quantitative estimate of drug-likeness (QED) is 0.783. The maximum Gasteiger partial charge on any atom is 0.310 e. The highest BCUT2D eigenvalue weighted by atomic mass is 32.1. The van der Waals surface area contributed by atoms with Crippen LogP contribution < -0.4 is 0 Å². The van der Waals surface area contributed by atoms with Crippen LogP contribution in [0.3, 0.4) is 0 Å². The number of thiazole rings is 1. The molecular formula is C8H6N2O2S. The topological polar surface area (TPSA) is 63.1 Å². The fraction of sp³-hybridized carbons (Fsp3) is 0.125. The van der Waals surface area contributed by atoms with Gasteiger partial charge < -0.3 is 5.11 Å². The molecule has 0 amide bonds. The van der Waals surface area contributed by atoms with Gasteiger partial charge in [-0.2, -0.15) is 0 Å². The number of aliphatic carboxylic acids is 1. The first-order valence-electron chi connectivity index (χ1n) is 3.67. The van der Waals surface area contributed by atoms with Crippen LogP contribution in [0.2, 0.25) is 0 Å². The summed E-state index contributed by atoms with van der Waals surface area (Å²) in [7, 11) is 0. The average Bonchev–Trinajstić information content (AvgIpc) is 2.44. The number of carbonyl (C=O) groups is 1. The predicted molar refractivity (Wildman–Crippen MR) is 48.8 cm³/mol. The molecule has 2 aromatic rings. The zero-order valence-electron chi connectivity index (χ0n) is 6.60. The van der Waals surface area contributed by atoms with Gasteiger partial charge in [0.15, 0.2) is 0 Å². The Hall–Kier alpha value is -1.49. The molecule has 2 heterocycles. The van der Waals surface area contributed by atoms with E-state index in [0.29, 0.717) is 5.01 Å². The second kappa shape index (κ2) is 3.10. The molecule has 0 bridgehead atoms. The van der Waals surface area contributed by atoms with Crippen LogP contribution in [0, 0.1) is 0 Å². The van der Waals surface area contributed by atoms with E-state index in [2.05, 4.69) is 9.97 Å². The monoisotopic (exact) mass is 194 g/mol. The van der Waals surface area contributed by atoms with Gasteiger partial charge >= 0.3 is 5.97 Å². The summed E-state index contributed by atoms with van der Waals surface area (Å²) in [6.45, 7) is 0. The van der Waals surface area contributed by atoms with Gasteiger partial charge in [-0.1, -0.05) is 0 Å². The molecule has 13 heavy (non-hydrogen) atoms. The Labute approximate surface area is 77.9 Å². The highest BCUT2D eigenvalue weighted by molar-refractivity contribution is 7.18. The summed E-state index contributed by atoms with van der Waals surface area (Å²) in [6, 6.07) is 1.83. The average molecular weight is 194 g/mol. The molecular weight excluding hydrogens is 188 g/mol. The van der Waals surface area contributed by atoms with Gasteiger partial charge in [-0.3, -0.25) is 9.78 Å². The number of pyridine rings is 1. The van der Waals surface area contributed by atoms with Crippen molar-refractivity contribution in [2.45, 2.75) is 6.42 Å². The minimum absolute atomic E-state index is 0.0145. The number of carboxylic acids is 1. The zero-order valence-corrected chi connectivity index (χ0v) is 7.41. The van der Waals surface area contributed by atoms with Gasteiger partial charge in [0.25, 0.3) is 0 Å². The molecule has 0 saturated carbocycles. The number of rotatable bonds is 2.